The molecule has 0 saturated carbocycles. The van der Waals surface area contributed by atoms with Crippen LogP contribution in [0, 0.1) is 12.3 Å². The van der Waals surface area contributed by atoms with Gasteiger partial charge in [-0.15, -0.1) is 0 Å². The van der Waals surface area contributed by atoms with E-state index in [1.165, 1.54) is 0 Å². The van der Waals surface area contributed by atoms with Crippen molar-refractivity contribution in [1.29, 1.82) is 0 Å². The van der Waals surface area contributed by atoms with Crippen LogP contribution in [0.5, 0.6) is 0 Å². The highest BCUT2D eigenvalue weighted by atomic mass is 32.2. The minimum absolute atomic E-state index is 0.0496. The Kier molecular flexibility index (Phi) is 3.25. The molecule has 0 aliphatic carbocycles. The van der Waals surface area contributed by atoms with Crippen LogP contribution in [-0.2, 0) is 16.9 Å². The summed E-state index contributed by atoms with van der Waals surface area (Å²) >= 11 is 0. The number of hydrogen-bond acceptors (Lipinski definition) is 5. The van der Waals surface area contributed by atoms with Crippen molar-refractivity contribution in [3.63, 3.8) is 0 Å². The lowest BCUT2D eigenvalue weighted by Crippen LogP contribution is -2.38. The Labute approximate surface area is 107 Å². The first kappa shape index (κ1) is 13.5. The fourth-order valence-electron chi connectivity index (χ4n) is 2.54. The SMILES string of the molecule is Cc1c(C(O)C2(CN)CCS(=O)(=O)C2)cnn1C. The maximum Gasteiger partial charge on any atom is 0.151 e. The summed E-state index contributed by atoms with van der Waals surface area (Å²) in [5.41, 5.74) is 6.46. The molecule has 0 aromatic carbocycles. The molecular formula is C11H19N3O3S. The van der Waals surface area contributed by atoms with Gasteiger partial charge in [0.15, 0.2) is 9.84 Å². The Bertz CT molecular complexity index is 552. The number of aryl methyl sites for hydroxylation is 1. The summed E-state index contributed by atoms with van der Waals surface area (Å²) in [5, 5.41) is 14.6. The molecule has 7 heteroatoms. The summed E-state index contributed by atoms with van der Waals surface area (Å²) in [7, 11) is -1.31. The van der Waals surface area contributed by atoms with E-state index in [0.29, 0.717) is 12.0 Å². The van der Waals surface area contributed by atoms with E-state index >= 15 is 0 Å². The number of hydrogen-bond donors (Lipinski definition) is 2. The van der Waals surface area contributed by atoms with E-state index in [9.17, 15) is 13.5 Å². The summed E-state index contributed by atoms with van der Waals surface area (Å²) in [6.45, 7) is 2.00. The second-order valence-electron chi connectivity index (χ2n) is 5.12. The molecule has 1 saturated heterocycles. The number of aromatic nitrogens is 2. The molecule has 2 heterocycles. The van der Waals surface area contributed by atoms with Crippen LogP contribution in [0.1, 0.15) is 23.8 Å². The van der Waals surface area contributed by atoms with E-state index in [4.69, 9.17) is 5.73 Å². The fraction of sp³-hybridized carbons (Fsp3) is 0.727. The topological polar surface area (TPSA) is 98.2 Å². The van der Waals surface area contributed by atoms with Crippen molar-refractivity contribution >= 4 is 9.84 Å². The summed E-state index contributed by atoms with van der Waals surface area (Å²) < 4.78 is 24.9. The molecule has 1 aliphatic rings. The predicted molar refractivity (Wildman–Crippen MR) is 67.7 cm³/mol. The Balaban J connectivity index is 2.38. The molecule has 1 aliphatic heterocycles. The quantitative estimate of drug-likeness (QED) is 0.775. The van der Waals surface area contributed by atoms with Crippen LogP contribution < -0.4 is 5.73 Å². The van der Waals surface area contributed by atoms with E-state index in [2.05, 4.69) is 5.10 Å². The fourth-order valence-corrected chi connectivity index (χ4v) is 4.70. The third-order valence-electron chi connectivity index (χ3n) is 3.97. The zero-order valence-corrected chi connectivity index (χ0v) is 11.4. The predicted octanol–water partition coefficient (Wildman–Crippen LogP) is -0.474. The Morgan fingerprint density at radius 1 is 1.67 bits per heavy atom. The van der Waals surface area contributed by atoms with E-state index < -0.39 is 21.4 Å². The van der Waals surface area contributed by atoms with Gasteiger partial charge in [0.25, 0.3) is 0 Å². The first-order chi connectivity index (χ1) is 8.31. The number of nitrogens with two attached hydrogens (primary N) is 1. The van der Waals surface area contributed by atoms with Crippen LogP contribution in [0.3, 0.4) is 0 Å². The second-order valence-corrected chi connectivity index (χ2v) is 7.30. The largest absolute Gasteiger partial charge is 0.388 e. The van der Waals surface area contributed by atoms with Gasteiger partial charge in [-0.25, -0.2) is 8.42 Å². The maximum atomic E-state index is 11.6. The van der Waals surface area contributed by atoms with Crippen LogP contribution >= 0.6 is 0 Å². The third-order valence-corrected chi connectivity index (χ3v) is 5.81. The van der Waals surface area contributed by atoms with Crippen molar-refractivity contribution < 1.29 is 13.5 Å². The summed E-state index contributed by atoms with van der Waals surface area (Å²) in [4.78, 5) is 0. The van der Waals surface area contributed by atoms with Gasteiger partial charge in [0.05, 0.1) is 23.8 Å². The summed E-state index contributed by atoms with van der Waals surface area (Å²) in [6.07, 6.45) is 1.11. The Hall–Kier alpha value is -0.920. The maximum absolute atomic E-state index is 11.6. The van der Waals surface area contributed by atoms with Gasteiger partial charge >= 0.3 is 0 Å². The molecule has 1 aromatic heterocycles. The van der Waals surface area contributed by atoms with Crippen molar-refractivity contribution in [2.24, 2.45) is 18.2 Å². The van der Waals surface area contributed by atoms with Crippen LogP contribution in [0.2, 0.25) is 0 Å². The third kappa shape index (κ3) is 2.06. The molecule has 102 valence electrons. The molecule has 2 rings (SSSR count). The minimum atomic E-state index is -3.09. The molecule has 2 atom stereocenters. The number of aliphatic hydroxyl groups is 1. The molecule has 0 amide bonds. The van der Waals surface area contributed by atoms with E-state index in [-0.39, 0.29) is 18.1 Å². The minimum Gasteiger partial charge on any atom is -0.388 e. The molecular weight excluding hydrogens is 254 g/mol. The molecule has 3 N–H and O–H groups in total. The normalized spacial score (nSPS) is 28.4. The highest BCUT2D eigenvalue weighted by Gasteiger charge is 2.47. The van der Waals surface area contributed by atoms with Crippen molar-refractivity contribution in [2.75, 3.05) is 18.1 Å². The lowest BCUT2D eigenvalue weighted by atomic mass is 9.78. The Morgan fingerprint density at radius 3 is 2.72 bits per heavy atom. The smallest absolute Gasteiger partial charge is 0.151 e. The first-order valence-corrected chi connectivity index (χ1v) is 7.70. The van der Waals surface area contributed by atoms with Crippen LogP contribution in [-0.4, -0.2) is 41.4 Å². The molecule has 0 spiro atoms. The average molecular weight is 273 g/mol. The first-order valence-electron chi connectivity index (χ1n) is 5.88. The van der Waals surface area contributed by atoms with Gasteiger partial charge < -0.3 is 10.8 Å². The van der Waals surface area contributed by atoms with Gasteiger partial charge in [-0.1, -0.05) is 0 Å². The number of aliphatic hydroxyl groups excluding tert-OH is 1. The van der Waals surface area contributed by atoms with Crippen LogP contribution in [0.25, 0.3) is 0 Å². The van der Waals surface area contributed by atoms with Crippen molar-refractivity contribution in [1.82, 2.24) is 9.78 Å². The summed E-state index contributed by atoms with van der Waals surface area (Å²) in [6, 6.07) is 0. The van der Waals surface area contributed by atoms with Gasteiger partial charge in [0, 0.05) is 30.3 Å². The van der Waals surface area contributed by atoms with Gasteiger partial charge in [0.2, 0.25) is 0 Å². The van der Waals surface area contributed by atoms with Crippen LogP contribution in [0.15, 0.2) is 6.20 Å². The van der Waals surface area contributed by atoms with Gasteiger partial charge in [-0.2, -0.15) is 5.10 Å². The van der Waals surface area contributed by atoms with Gasteiger partial charge in [0.1, 0.15) is 0 Å². The zero-order valence-electron chi connectivity index (χ0n) is 10.6. The molecule has 1 fully saturated rings. The molecule has 2 unspecified atom stereocenters. The standard InChI is InChI=1S/C11H19N3O3S/c1-8-9(5-13-14(8)2)10(15)11(6-12)3-4-18(16,17)7-11/h5,10,15H,3-4,6-7,12H2,1-2H3. The molecule has 6 nitrogen and oxygen atoms in total. The number of rotatable bonds is 3. The molecule has 0 bridgehead atoms. The van der Waals surface area contributed by atoms with Crippen molar-refractivity contribution in [2.45, 2.75) is 19.4 Å². The Morgan fingerprint density at radius 2 is 2.33 bits per heavy atom. The van der Waals surface area contributed by atoms with Gasteiger partial charge in [-0.05, 0) is 13.3 Å². The molecule has 0 radical (unpaired) electrons. The van der Waals surface area contributed by atoms with Crippen LogP contribution in [0.4, 0.5) is 0 Å². The molecule has 18 heavy (non-hydrogen) atoms. The van der Waals surface area contributed by atoms with Crippen molar-refractivity contribution in [3.8, 4) is 0 Å². The van der Waals surface area contributed by atoms with Crippen molar-refractivity contribution in [3.05, 3.63) is 17.5 Å². The monoisotopic (exact) mass is 273 g/mol. The lowest BCUT2D eigenvalue weighted by molar-refractivity contribution is 0.0466. The van der Waals surface area contributed by atoms with E-state index in [1.54, 1.807) is 17.9 Å². The average Bonchev–Trinajstić information content (AvgIpc) is 2.81. The highest BCUT2D eigenvalue weighted by molar-refractivity contribution is 7.91. The molecule has 1 aromatic rings. The lowest BCUT2D eigenvalue weighted by Gasteiger charge is -2.31. The zero-order chi connectivity index (χ0) is 13.6. The second kappa shape index (κ2) is 4.32. The number of nitrogens with zero attached hydrogens (tertiary/aromatic N) is 2. The highest BCUT2D eigenvalue weighted by Crippen LogP contribution is 2.43. The number of sulfone groups is 1. The van der Waals surface area contributed by atoms with Gasteiger partial charge in [-0.3, -0.25) is 4.68 Å². The van der Waals surface area contributed by atoms with E-state index in [0.717, 1.165) is 5.69 Å². The summed E-state index contributed by atoms with van der Waals surface area (Å²) in [5.74, 6) is 0.0482. The van der Waals surface area contributed by atoms with E-state index in [1.807, 2.05) is 6.92 Å².